The highest BCUT2D eigenvalue weighted by molar-refractivity contribution is 5.79. The molecule has 0 spiro atoms. The van der Waals surface area contributed by atoms with Crippen molar-refractivity contribution in [3.8, 4) is 0 Å². The third-order valence-corrected chi connectivity index (χ3v) is 2.44. The van der Waals surface area contributed by atoms with Crippen LogP contribution in [0, 0.1) is 0 Å². The molecule has 4 nitrogen and oxygen atoms in total. The molecule has 0 aromatic heterocycles. The zero-order chi connectivity index (χ0) is 11.8. The van der Waals surface area contributed by atoms with Crippen molar-refractivity contribution in [3.63, 3.8) is 0 Å². The van der Waals surface area contributed by atoms with Gasteiger partial charge in [0.15, 0.2) is 0 Å². The van der Waals surface area contributed by atoms with E-state index >= 15 is 0 Å². The molecule has 0 radical (unpaired) electrons. The molecule has 16 heavy (non-hydrogen) atoms. The highest BCUT2D eigenvalue weighted by Gasteiger charge is 2.13. The van der Waals surface area contributed by atoms with Gasteiger partial charge in [-0.25, -0.2) is 0 Å². The van der Waals surface area contributed by atoms with E-state index in [1.807, 2.05) is 30.3 Å². The number of carbonyl (C=O) groups is 1. The average Bonchev–Trinajstić information content (AvgIpc) is 2.30. The van der Waals surface area contributed by atoms with Gasteiger partial charge in [0.05, 0.1) is 6.04 Å². The van der Waals surface area contributed by atoms with Gasteiger partial charge in [0.25, 0.3) is 0 Å². The van der Waals surface area contributed by atoms with E-state index < -0.39 is 0 Å². The van der Waals surface area contributed by atoms with E-state index in [-0.39, 0.29) is 11.9 Å². The van der Waals surface area contributed by atoms with E-state index in [9.17, 15) is 4.79 Å². The van der Waals surface area contributed by atoms with Crippen molar-refractivity contribution in [1.29, 1.82) is 0 Å². The summed E-state index contributed by atoms with van der Waals surface area (Å²) in [6.07, 6.45) is 1.49. The first-order valence-electron chi connectivity index (χ1n) is 5.50. The van der Waals surface area contributed by atoms with Crippen molar-refractivity contribution in [2.45, 2.75) is 25.4 Å². The van der Waals surface area contributed by atoms with Gasteiger partial charge >= 0.3 is 0 Å². The zero-order valence-corrected chi connectivity index (χ0v) is 9.36. The molecule has 88 valence electrons. The molecule has 0 aliphatic carbocycles. The van der Waals surface area contributed by atoms with Crippen LogP contribution in [0.3, 0.4) is 0 Å². The fraction of sp³-hybridized carbons (Fsp3) is 0.417. The van der Waals surface area contributed by atoms with Crippen molar-refractivity contribution in [3.05, 3.63) is 35.9 Å². The summed E-state index contributed by atoms with van der Waals surface area (Å²) in [7, 11) is 0. The van der Waals surface area contributed by atoms with Gasteiger partial charge in [0.2, 0.25) is 5.91 Å². The maximum atomic E-state index is 11.1. The molecule has 1 atom stereocenters. The third kappa shape index (κ3) is 4.42. The number of benzene rings is 1. The van der Waals surface area contributed by atoms with E-state index in [1.54, 1.807) is 0 Å². The average molecular weight is 221 g/mol. The number of rotatable bonds is 7. The topological polar surface area (TPSA) is 81.1 Å². The van der Waals surface area contributed by atoms with Crippen molar-refractivity contribution in [2.24, 2.45) is 11.5 Å². The van der Waals surface area contributed by atoms with Crippen molar-refractivity contribution < 1.29 is 4.79 Å². The minimum Gasteiger partial charge on any atom is -0.368 e. The second-order valence-electron chi connectivity index (χ2n) is 3.75. The van der Waals surface area contributed by atoms with Crippen molar-refractivity contribution >= 4 is 5.91 Å². The summed E-state index contributed by atoms with van der Waals surface area (Å²) in [5.74, 6) is -0.315. The highest BCUT2D eigenvalue weighted by atomic mass is 16.1. The summed E-state index contributed by atoms with van der Waals surface area (Å²) < 4.78 is 0. The Bertz CT molecular complexity index is 313. The van der Waals surface area contributed by atoms with E-state index in [4.69, 9.17) is 11.5 Å². The van der Waals surface area contributed by atoms with Crippen LogP contribution in [0.15, 0.2) is 30.3 Å². The number of amides is 1. The number of primary amides is 1. The van der Waals surface area contributed by atoms with Crippen LogP contribution < -0.4 is 16.8 Å². The first-order chi connectivity index (χ1) is 7.74. The van der Waals surface area contributed by atoms with Gasteiger partial charge in [-0.2, -0.15) is 0 Å². The lowest BCUT2D eigenvalue weighted by molar-refractivity contribution is -0.120. The summed E-state index contributed by atoms with van der Waals surface area (Å²) in [4.78, 5) is 11.1. The quantitative estimate of drug-likeness (QED) is 0.622. The van der Waals surface area contributed by atoms with Crippen LogP contribution in [0.25, 0.3) is 0 Å². The molecule has 1 rings (SSSR count). The number of hydrogen-bond acceptors (Lipinski definition) is 3. The van der Waals surface area contributed by atoms with E-state index in [1.165, 1.54) is 0 Å². The van der Waals surface area contributed by atoms with Gasteiger partial charge in [-0.3, -0.25) is 4.79 Å². The molecule has 0 aliphatic heterocycles. The van der Waals surface area contributed by atoms with Gasteiger partial charge < -0.3 is 16.8 Å². The Kier molecular flexibility index (Phi) is 5.53. The molecule has 1 aromatic rings. The number of carbonyl (C=O) groups excluding carboxylic acids is 1. The Morgan fingerprint density at radius 2 is 2.00 bits per heavy atom. The molecular formula is C12H19N3O. The molecule has 1 unspecified atom stereocenters. The number of nitrogens with two attached hydrogens (primary N) is 2. The monoisotopic (exact) mass is 221 g/mol. The predicted octanol–water partition coefficient (Wildman–Crippen LogP) is 0.369. The second-order valence-corrected chi connectivity index (χ2v) is 3.75. The lowest BCUT2D eigenvalue weighted by Gasteiger charge is -2.14. The fourth-order valence-electron chi connectivity index (χ4n) is 1.50. The SMILES string of the molecule is NCCCC(NCc1ccccc1)C(N)=O. The van der Waals surface area contributed by atoms with Gasteiger partial charge in [0, 0.05) is 6.54 Å². The van der Waals surface area contributed by atoms with Crippen molar-refractivity contribution in [1.82, 2.24) is 5.32 Å². The largest absolute Gasteiger partial charge is 0.368 e. The minimum atomic E-state index is -0.315. The van der Waals surface area contributed by atoms with E-state index in [0.717, 1.165) is 12.0 Å². The minimum absolute atomic E-state index is 0.288. The molecule has 0 heterocycles. The van der Waals surface area contributed by atoms with Gasteiger partial charge in [-0.1, -0.05) is 30.3 Å². The first-order valence-corrected chi connectivity index (χ1v) is 5.50. The van der Waals surface area contributed by atoms with Gasteiger partial charge in [-0.05, 0) is 24.9 Å². The standard InChI is InChI=1S/C12H19N3O/c13-8-4-7-11(12(14)16)15-9-10-5-2-1-3-6-10/h1-3,5-6,11,15H,4,7-9,13H2,(H2,14,16). The molecule has 5 N–H and O–H groups in total. The maximum Gasteiger partial charge on any atom is 0.234 e. The van der Waals surface area contributed by atoms with E-state index in [0.29, 0.717) is 19.5 Å². The molecule has 0 aliphatic rings. The smallest absolute Gasteiger partial charge is 0.234 e. The fourth-order valence-corrected chi connectivity index (χ4v) is 1.50. The summed E-state index contributed by atoms with van der Waals surface area (Å²) in [6.45, 7) is 1.23. The van der Waals surface area contributed by atoms with Crippen LogP contribution in [0.1, 0.15) is 18.4 Å². The van der Waals surface area contributed by atoms with Crippen LogP contribution in [0.2, 0.25) is 0 Å². The summed E-state index contributed by atoms with van der Waals surface area (Å²) in [5, 5.41) is 3.14. The zero-order valence-electron chi connectivity index (χ0n) is 9.36. The van der Waals surface area contributed by atoms with Crippen LogP contribution in [0.5, 0.6) is 0 Å². The van der Waals surface area contributed by atoms with Crippen molar-refractivity contribution in [2.75, 3.05) is 6.54 Å². The number of hydrogen-bond donors (Lipinski definition) is 3. The van der Waals surface area contributed by atoms with Gasteiger partial charge in [-0.15, -0.1) is 0 Å². The summed E-state index contributed by atoms with van der Waals surface area (Å²) in [6, 6.07) is 9.63. The van der Waals surface area contributed by atoms with Crippen LogP contribution in [-0.2, 0) is 11.3 Å². The van der Waals surface area contributed by atoms with Gasteiger partial charge in [0.1, 0.15) is 0 Å². The second kappa shape index (κ2) is 6.98. The molecular weight excluding hydrogens is 202 g/mol. The molecule has 1 aromatic carbocycles. The molecule has 0 saturated heterocycles. The lowest BCUT2D eigenvalue weighted by Crippen LogP contribution is -2.41. The number of nitrogens with one attached hydrogen (secondary N) is 1. The molecule has 0 fully saturated rings. The van der Waals surface area contributed by atoms with Crippen LogP contribution >= 0.6 is 0 Å². The molecule has 0 bridgehead atoms. The first kappa shape index (κ1) is 12.7. The van der Waals surface area contributed by atoms with E-state index in [2.05, 4.69) is 5.32 Å². The van der Waals surface area contributed by atoms with Crippen LogP contribution in [0.4, 0.5) is 0 Å². The Hall–Kier alpha value is -1.39. The summed E-state index contributed by atoms with van der Waals surface area (Å²) >= 11 is 0. The predicted molar refractivity (Wildman–Crippen MR) is 64.6 cm³/mol. The Labute approximate surface area is 96.0 Å². The Balaban J connectivity index is 2.41. The summed E-state index contributed by atoms with van der Waals surface area (Å²) in [5.41, 5.74) is 11.8. The normalized spacial score (nSPS) is 12.3. The highest BCUT2D eigenvalue weighted by Crippen LogP contribution is 2.01. The molecule has 1 amide bonds. The Morgan fingerprint density at radius 3 is 2.56 bits per heavy atom. The molecule has 4 heteroatoms. The maximum absolute atomic E-state index is 11.1. The molecule has 0 saturated carbocycles. The third-order valence-electron chi connectivity index (χ3n) is 2.44. The lowest BCUT2D eigenvalue weighted by atomic mass is 10.1. The van der Waals surface area contributed by atoms with Crippen LogP contribution in [-0.4, -0.2) is 18.5 Å². The Morgan fingerprint density at radius 1 is 1.31 bits per heavy atom.